The molecule has 1 unspecified atom stereocenters. The lowest BCUT2D eigenvalue weighted by Crippen LogP contribution is -2.26. The van der Waals surface area contributed by atoms with Crippen molar-refractivity contribution in [2.45, 2.75) is 32.8 Å². The topological polar surface area (TPSA) is 92.5 Å². The molecule has 0 radical (unpaired) electrons. The molecule has 1 aromatic rings. The van der Waals surface area contributed by atoms with E-state index in [2.05, 4.69) is 5.32 Å². The minimum Gasteiger partial charge on any atom is -0.393 e. The fourth-order valence-electron chi connectivity index (χ4n) is 1.67. The summed E-state index contributed by atoms with van der Waals surface area (Å²) >= 11 is 0. The van der Waals surface area contributed by atoms with E-state index >= 15 is 0 Å². The molecule has 0 aromatic heterocycles. The molecule has 6 heteroatoms. The third-order valence-electron chi connectivity index (χ3n) is 2.77. The highest BCUT2D eigenvalue weighted by Gasteiger charge is 2.16. The van der Waals surface area contributed by atoms with Crippen LogP contribution in [0.1, 0.15) is 36.2 Å². The van der Waals surface area contributed by atoms with Gasteiger partial charge >= 0.3 is 0 Å². The predicted octanol–water partition coefficient (Wildman–Crippen LogP) is 1.66. The third kappa shape index (κ3) is 4.33. The fraction of sp³-hybridized carbons (Fsp3) is 0.462. The van der Waals surface area contributed by atoms with Gasteiger partial charge in [-0.15, -0.1) is 0 Å². The number of nitrogens with zero attached hydrogens (tertiary/aromatic N) is 1. The quantitative estimate of drug-likeness (QED) is 0.605. The van der Waals surface area contributed by atoms with E-state index in [-0.39, 0.29) is 17.2 Å². The number of hydrogen-bond acceptors (Lipinski definition) is 4. The number of aliphatic hydroxyl groups excluding tert-OH is 1. The van der Waals surface area contributed by atoms with Crippen LogP contribution in [0.15, 0.2) is 18.2 Å². The molecule has 1 amide bonds. The van der Waals surface area contributed by atoms with Crippen molar-refractivity contribution in [3.8, 4) is 0 Å². The summed E-state index contributed by atoms with van der Waals surface area (Å²) in [4.78, 5) is 22.2. The van der Waals surface area contributed by atoms with Gasteiger partial charge in [0.2, 0.25) is 0 Å². The zero-order valence-electron chi connectivity index (χ0n) is 11.0. The van der Waals surface area contributed by atoms with E-state index in [4.69, 9.17) is 5.11 Å². The molecule has 104 valence electrons. The van der Waals surface area contributed by atoms with Crippen molar-refractivity contribution in [3.05, 3.63) is 39.4 Å². The number of nitrogens with one attached hydrogen (secondary N) is 1. The molecule has 0 aliphatic carbocycles. The first-order valence-corrected chi connectivity index (χ1v) is 6.19. The van der Waals surface area contributed by atoms with Crippen molar-refractivity contribution >= 4 is 11.6 Å². The maximum Gasteiger partial charge on any atom is 0.273 e. The van der Waals surface area contributed by atoms with Gasteiger partial charge in [-0.05, 0) is 25.8 Å². The number of aliphatic hydroxyl groups is 1. The van der Waals surface area contributed by atoms with Gasteiger partial charge in [0.05, 0.1) is 11.0 Å². The number of carbonyl (C=O) groups excluding carboxylic acids is 1. The van der Waals surface area contributed by atoms with Gasteiger partial charge in [0.15, 0.2) is 0 Å². The summed E-state index contributed by atoms with van der Waals surface area (Å²) < 4.78 is 0. The molecule has 1 atom stereocenters. The van der Waals surface area contributed by atoms with E-state index < -0.39 is 11.0 Å². The minimum absolute atomic E-state index is 0.0364. The molecule has 0 heterocycles. The number of hydrogen-bond donors (Lipinski definition) is 2. The summed E-state index contributed by atoms with van der Waals surface area (Å²) in [6, 6.07) is 4.46. The molecule has 0 spiro atoms. The van der Waals surface area contributed by atoms with Crippen molar-refractivity contribution < 1.29 is 14.8 Å². The van der Waals surface area contributed by atoms with Crippen molar-refractivity contribution in [1.29, 1.82) is 0 Å². The predicted molar refractivity (Wildman–Crippen MR) is 71.1 cm³/mol. The van der Waals surface area contributed by atoms with Crippen molar-refractivity contribution in [1.82, 2.24) is 5.32 Å². The van der Waals surface area contributed by atoms with Crippen LogP contribution in [0.5, 0.6) is 0 Å². The Morgan fingerprint density at radius 3 is 2.74 bits per heavy atom. The van der Waals surface area contributed by atoms with Crippen LogP contribution in [0.3, 0.4) is 0 Å². The average molecular weight is 266 g/mol. The second kappa shape index (κ2) is 6.84. The van der Waals surface area contributed by atoms with Crippen molar-refractivity contribution in [2.24, 2.45) is 0 Å². The number of nitro benzene ring substituents is 1. The lowest BCUT2D eigenvalue weighted by Gasteiger charge is -2.07. The average Bonchev–Trinajstić information content (AvgIpc) is 2.37. The van der Waals surface area contributed by atoms with E-state index in [1.165, 1.54) is 6.07 Å². The number of amides is 1. The Morgan fingerprint density at radius 2 is 2.21 bits per heavy atom. The van der Waals surface area contributed by atoms with Crippen LogP contribution in [0, 0.1) is 10.1 Å². The molecule has 2 N–H and O–H groups in total. The van der Waals surface area contributed by atoms with E-state index in [0.29, 0.717) is 24.9 Å². The molecule has 19 heavy (non-hydrogen) atoms. The lowest BCUT2D eigenvalue weighted by atomic mass is 10.1. The first-order valence-electron chi connectivity index (χ1n) is 6.19. The molecule has 1 rings (SSSR count). The number of carbonyl (C=O) groups is 1. The molecule has 0 bridgehead atoms. The summed E-state index contributed by atoms with van der Waals surface area (Å²) in [6.07, 6.45) is 0.498. The normalized spacial score (nSPS) is 11.9. The Bertz CT molecular complexity index is 472. The second-order valence-electron chi connectivity index (χ2n) is 4.35. The summed E-state index contributed by atoms with van der Waals surface area (Å²) in [6.45, 7) is 3.79. The van der Waals surface area contributed by atoms with E-state index in [1.54, 1.807) is 19.1 Å². The first-order chi connectivity index (χ1) is 8.95. The number of rotatable bonds is 6. The number of benzene rings is 1. The maximum atomic E-state index is 11.8. The van der Waals surface area contributed by atoms with Crippen LogP contribution in [0.25, 0.3) is 0 Å². The van der Waals surface area contributed by atoms with Crippen LogP contribution < -0.4 is 5.32 Å². The van der Waals surface area contributed by atoms with Crippen molar-refractivity contribution in [3.63, 3.8) is 0 Å². The van der Waals surface area contributed by atoms with E-state index in [1.807, 2.05) is 6.92 Å². The maximum absolute atomic E-state index is 11.8. The van der Waals surface area contributed by atoms with Gasteiger partial charge in [0.1, 0.15) is 0 Å². The molecule has 0 saturated heterocycles. The fourth-order valence-corrected chi connectivity index (χ4v) is 1.67. The Morgan fingerprint density at radius 1 is 1.53 bits per heavy atom. The molecular formula is C13H18N2O4. The van der Waals surface area contributed by atoms with Gasteiger partial charge in [-0.1, -0.05) is 13.0 Å². The van der Waals surface area contributed by atoms with E-state index in [0.717, 1.165) is 0 Å². The molecule has 0 aliphatic rings. The summed E-state index contributed by atoms with van der Waals surface area (Å²) in [5.74, 6) is -0.369. The monoisotopic (exact) mass is 266 g/mol. The van der Waals surface area contributed by atoms with Gasteiger partial charge < -0.3 is 10.4 Å². The molecule has 1 aromatic carbocycles. The molecule has 0 aliphatic heterocycles. The Labute approximate surface area is 111 Å². The van der Waals surface area contributed by atoms with Gasteiger partial charge in [0, 0.05) is 23.7 Å². The standard InChI is InChI=1S/C13H18N2O4/c1-3-10-4-5-11(8-12(10)15(18)19)13(17)14-7-6-9(2)16/h4-5,8-9,16H,3,6-7H2,1-2H3,(H,14,17). The Balaban J connectivity index is 2.81. The molecular weight excluding hydrogens is 248 g/mol. The summed E-state index contributed by atoms with van der Waals surface area (Å²) in [5.41, 5.74) is 0.825. The lowest BCUT2D eigenvalue weighted by molar-refractivity contribution is -0.385. The van der Waals surface area contributed by atoms with E-state index in [9.17, 15) is 14.9 Å². The summed E-state index contributed by atoms with van der Waals surface area (Å²) in [5, 5.41) is 22.6. The highest BCUT2D eigenvalue weighted by molar-refractivity contribution is 5.94. The third-order valence-corrected chi connectivity index (χ3v) is 2.77. The van der Waals surface area contributed by atoms with Crippen LogP contribution in [-0.4, -0.2) is 28.6 Å². The van der Waals surface area contributed by atoms with Gasteiger partial charge in [-0.3, -0.25) is 14.9 Å². The smallest absolute Gasteiger partial charge is 0.273 e. The van der Waals surface area contributed by atoms with Crippen molar-refractivity contribution in [2.75, 3.05) is 6.54 Å². The zero-order valence-corrected chi connectivity index (χ0v) is 11.0. The summed E-state index contributed by atoms with van der Waals surface area (Å²) in [7, 11) is 0. The Kier molecular flexibility index (Phi) is 5.44. The minimum atomic E-state index is -0.489. The number of nitro groups is 1. The van der Waals surface area contributed by atoms with Crippen LogP contribution in [-0.2, 0) is 6.42 Å². The van der Waals surface area contributed by atoms with Crippen LogP contribution in [0.4, 0.5) is 5.69 Å². The molecule has 6 nitrogen and oxygen atoms in total. The second-order valence-corrected chi connectivity index (χ2v) is 4.35. The van der Waals surface area contributed by atoms with Gasteiger partial charge in [0.25, 0.3) is 11.6 Å². The van der Waals surface area contributed by atoms with Crippen LogP contribution in [0.2, 0.25) is 0 Å². The molecule has 0 fully saturated rings. The zero-order chi connectivity index (χ0) is 14.4. The SMILES string of the molecule is CCc1ccc(C(=O)NCCC(C)O)cc1[N+](=O)[O-]. The van der Waals surface area contributed by atoms with Crippen LogP contribution >= 0.6 is 0 Å². The van der Waals surface area contributed by atoms with Gasteiger partial charge in [-0.2, -0.15) is 0 Å². The van der Waals surface area contributed by atoms with Gasteiger partial charge in [-0.25, -0.2) is 0 Å². The highest BCUT2D eigenvalue weighted by Crippen LogP contribution is 2.20. The molecule has 0 saturated carbocycles. The Hall–Kier alpha value is -1.95. The first kappa shape index (κ1) is 15.1. The number of aryl methyl sites for hydroxylation is 1. The largest absolute Gasteiger partial charge is 0.393 e. The highest BCUT2D eigenvalue weighted by atomic mass is 16.6.